The molecule has 0 saturated heterocycles. The molecule has 3 aromatic rings. The first-order chi connectivity index (χ1) is 20.2. The number of carboxylic acids is 1. The molecule has 1 atom stereocenters. The van der Waals surface area contributed by atoms with Crippen molar-refractivity contribution in [2.45, 2.75) is 31.3 Å². The molecule has 2 amide bonds. The molecule has 0 bridgehead atoms. The van der Waals surface area contributed by atoms with Gasteiger partial charge in [-0.15, -0.1) is 24.6 Å². The zero-order valence-corrected chi connectivity index (χ0v) is 24.7. The molecule has 0 radical (unpaired) electrons. The number of thioether (sulfide) groups is 1. The Bertz CT molecular complexity index is 1550. The van der Waals surface area contributed by atoms with Crippen LogP contribution in [-0.4, -0.2) is 48.8 Å². The highest BCUT2D eigenvalue weighted by atomic mass is 32.2. The Morgan fingerprint density at radius 2 is 1.48 bits per heavy atom. The molecule has 1 unspecified atom stereocenters. The molecule has 3 rings (SSSR count). The Morgan fingerprint density at radius 3 is 1.90 bits per heavy atom. The molecule has 0 heterocycles. The molecule has 3 N–H and O–H groups in total. The second-order valence-electron chi connectivity index (χ2n) is 9.18. The Balaban J connectivity index is 2.03. The zero-order chi connectivity index (χ0) is 30.8. The molecular weight excluding hydrogens is 548 g/mol. The summed E-state index contributed by atoms with van der Waals surface area (Å²) in [5, 5.41) is 14.5. The molecular formula is C34H32N2O5S. The van der Waals surface area contributed by atoms with E-state index in [1.807, 2.05) is 25.1 Å². The predicted molar refractivity (Wildman–Crippen MR) is 167 cm³/mol. The second-order valence-corrected chi connectivity index (χ2v) is 10.3. The van der Waals surface area contributed by atoms with E-state index in [2.05, 4.69) is 22.5 Å². The van der Waals surface area contributed by atoms with Crippen molar-refractivity contribution >= 4 is 35.1 Å². The molecule has 0 aliphatic rings. The lowest BCUT2D eigenvalue weighted by Crippen LogP contribution is -2.26. The number of carbonyl (C=O) groups is 3. The van der Waals surface area contributed by atoms with Gasteiger partial charge in [-0.3, -0.25) is 9.59 Å². The van der Waals surface area contributed by atoms with Gasteiger partial charge in [0.15, 0.2) is 6.10 Å². The maximum absolute atomic E-state index is 12.3. The average molecular weight is 581 g/mol. The van der Waals surface area contributed by atoms with Crippen LogP contribution in [0.4, 0.5) is 0 Å². The fourth-order valence-corrected chi connectivity index (χ4v) is 5.13. The number of amides is 2. The minimum Gasteiger partial charge on any atom is -0.479 e. The van der Waals surface area contributed by atoms with Crippen molar-refractivity contribution in [2.75, 3.05) is 19.8 Å². The summed E-state index contributed by atoms with van der Waals surface area (Å²) in [6, 6.07) is 15.9. The number of carbonyl (C=O) groups excluding carboxylic acids is 2. The van der Waals surface area contributed by atoms with Crippen LogP contribution >= 0.6 is 11.8 Å². The smallest absolute Gasteiger partial charge is 0.344 e. The van der Waals surface area contributed by atoms with E-state index in [1.54, 1.807) is 75.2 Å². The van der Waals surface area contributed by atoms with Gasteiger partial charge in [-0.05, 0) is 78.1 Å². The number of rotatable bonds is 11. The quantitative estimate of drug-likeness (QED) is 0.214. The van der Waals surface area contributed by atoms with Gasteiger partial charge in [-0.2, -0.15) is 0 Å². The Hall–Kier alpha value is -4.92. The van der Waals surface area contributed by atoms with Crippen LogP contribution in [0.15, 0.2) is 65.6 Å². The molecule has 0 aliphatic heterocycles. The van der Waals surface area contributed by atoms with Crippen LogP contribution in [0.25, 0.3) is 5.57 Å². The minimum absolute atomic E-state index is 0.255. The highest BCUT2D eigenvalue weighted by Crippen LogP contribution is 2.32. The van der Waals surface area contributed by atoms with Gasteiger partial charge in [0.1, 0.15) is 5.75 Å². The summed E-state index contributed by atoms with van der Waals surface area (Å²) in [6.07, 6.45) is 13.2. The third-order valence-corrected chi connectivity index (χ3v) is 7.43. The third-order valence-electron chi connectivity index (χ3n) is 6.51. The van der Waals surface area contributed by atoms with Gasteiger partial charge < -0.3 is 20.5 Å². The number of aryl methyl sites for hydroxylation is 1. The topological polar surface area (TPSA) is 105 Å². The maximum atomic E-state index is 12.3. The number of ether oxygens (including phenoxy) is 1. The van der Waals surface area contributed by atoms with Gasteiger partial charge in [0.05, 0.1) is 0 Å². The van der Waals surface area contributed by atoms with Crippen molar-refractivity contribution in [2.24, 2.45) is 0 Å². The number of carboxylic acid groups (broad SMARTS) is 1. The monoisotopic (exact) mass is 580 g/mol. The van der Waals surface area contributed by atoms with Gasteiger partial charge in [0.25, 0.3) is 11.8 Å². The van der Waals surface area contributed by atoms with Crippen LogP contribution < -0.4 is 15.4 Å². The number of nitrogens with one attached hydrogen (secondary N) is 2. The molecule has 0 saturated carbocycles. The van der Waals surface area contributed by atoms with E-state index in [1.165, 1.54) is 0 Å². The largest absolute Gasteiger partial charge is 0.479 e. The number of benzene rings is 3. The summed E-state index contributed by atoms with van der Waals surface area (Å²) in [7, 11) is 3.10. The van der Waals surface area contributed by atoms with Crippen molar-refractivity contribution in [1.82, 2.24) is 10.6 Å². The highest BCUT2D eigenvalue weighted by Gasteiger charge is 2.19. The summed E-state index contributed by atoms with van der Waals surface area (Å²) in [4.78, 5) is 36.8. The van der Waals surface area contributed by atoms with E-state index < -0.39 is 12.1 Å². The molecule has 8 heteroatoms. The maximum Gasteiger partial charge on any atom is 0.344 e. The number of terminal acetylenes is 2. The average Bonchev–Trinajstić information content (AvgIpc) is 3.01. The van der Waals surface area contributed by atoms with Crippen molar-refractivity contribution in [1.29, 1.82) is 0 Å². The van der Waals surface area contributed by atoms with Gasteiger partial charge >= 0.3 is 5.97 Å². The first-order valence-corrected chi connectivity index (χ1v) is 14.1. The van der Waals surface area contributed by atoms with Crippen molar-refractivity contribution in [3.05, 3.63) is 99.6 Å². The fourth-order valence-electron chi connectivity index (χ4n) is 4.26. The van der Waals surface area contributed by atoms with E-state index in [4.69, 9.17) is 17.6 Å². The van der Waals surface area contributed by atoms with Crippen LogP contribution in [0.2, 0.25) is 0 Å². The molecule has 7 nitrogen and oxygen atoms in total. The standard InChI is InChI=1S/C34H32N2O5S/c1-7-22-19-24(32(37)35-5)10-13-27(22)29(28-14-11-25(33(38)36-6)20-23(28)8-2)16-17-42-26-12-15-31(21(4)18-26)41-30(9-3)34(39)40/h1-2,10-16,18-20,30H,9,17H2,3-6H3,(H,35,37)(H,36,38)(H,39,40). The van der Waals surface area contributed by atoms with Gasteiger partial charge in [-0.1, -0.05) is 37.0 Å². The van der Waals surface area contributed by atoms with Crippen molar-refractivity contribution in [3.8, 4) is 30.4 Å². The summed E-state index contributed by atoms with van der Waals surface area (Å²) in [5.74, 6) is 4.93. The first kappa shape index (κ1) is 31.6. The third kappa shape index (κ3) is 7.42. The van der Waals surface area contributed by atoms with Crippen LogP contribution in [0, 0.1) is 31.6 Å². The summed E-state index contributed by atoms with van der Waals surface area (Å²) in [6.45, 7) is 3.63. The molecule has 0 fully saturated rings. The lowest BCUT2D eigenvalue weighted by Gasteiger charge is -2.16. The lowest BCUT2D eigenvalue weighted by atomic mass is 9.89. The van der Waals surface area contributed by atoms with Crippen LogP contribution in [0.5, 0.6) is 5.75 Å². The molecule has 3 aromatic carbocycles. The normalized spacial score (nSPS) is 10.9. The summed E-state index contributed by atoms with van der Waals surface area (Å²) in [5.41, 5.74) is 4.92. The Kier molecular flexibility index (Phi) is 11.0. The van der Waals surface area contributed by atoms with Crippen molar-refractivity contribution in [3.63, 3.8) is 0 Å². The molecule has 214 valence electrons. The zero-order valence-electron chi connectivity index (χ0n) is 23.9. The van der Waals surface area contributed by atoms with Gasteiger partial charge in [-0.25, -0.2) is 4.79 Å². The Labute approximate surface area is 250 Å². The number of hydrogen-bond acceptors (Lipinski definition) is 5. The molecule has 42 heavy (non-hydrogen) atoms. The lowest BCUT2D eigenvalue weighted by molar-refractivity contribution is -0.145. The molecule has 0 spiro atoms. The highest BCUT2D eigenvalue weighted by molar-refractivity contribution is 7.99. The molecule has 0 aliphatic carbocycles. The van der Waals surface area contributed by atoms with E-state index in [9.17, 15) is 19.5 Å². The number of aliphatic carboxylic acids is 1. The second kappa shape index (κ2) is 14.6. The molecule has 0 aromatic heterocycles. The number of hydrogen-bond donors (Lipinski definition) is 3. The summed E-state index contributed by atoms with van der Waals surface area (Å²) < 4.78 is 5.67. The predicted octanol–water partition coefficient (Wildman–Crippen LogP) is 5.14. The fraction of sp³-hybridized carbons (Fsp3) is 0.206. The van der Waals surface area contributed by atoms with E-state index in [-0.39, 0.29) is 11.8 Å². The van der Waals surface area contributed by atoms with Gasteiger partial charge in [0.2, 0.25) is 0 Å². The van der Waals surface area contributed by atoms with Crippen LogP contribution in [-0.2, 0) is 4.79 Å². The summed E-state index contributed by atoms with van der Waals surface area (Å²) >= 11 is 1.56. The van der Waals surface area contributed by atoms with E-state index in [0.29, 0.717) is 51.3 Å². The SMILES string of the molecule is C#Cc1cc(C(=O)NC)ccc1C(=CCSc1ccc(OC(CC)C(=O)O)c(C)c1)c1ccc(C(=O)NC)cc1C#C. The van der Waals surface area contributed by atoms with Crippen molar-refractivity contribution < 1.29 is 24.2 Å². The minimum atomic E-state index is -1.00. The van der Waals surface area contributed by atoms with Crippen LogP contribution in [0.1, 0.15) is 61.9 Å². The van der Waals surface area contributed by atoms with Gasteiger partial charge in [0, 0.05) is 47.0 Å². The van der Waals surface area contributed by atoms with E-state index >= 15 is 0 Å². The van der Waals surface area contributed by atoms with E-state index in [0.717, 1.165) is 16.0 Å². The Morgan fingerprint density at radius 1 is 0.929 bits per heavy atom. The first-order valence-electron chi connectivity index (χ1n) is 13.2. The van der Waals surface area contributed by atoms with Crippen LogP contribution in [0.3, 0.4) is 0 Å².